The van der Waals surface area contributed by atoms with Gasteiger partial charge in [0, 0.05) is 0 Å². The Labute approximate surface area is 166 Å². The number of furan rings is 1. The van der Waals surface area contributed by atoms with Gasteiger partial charge in [-0.1, -0.05) is 30.3 Å². The molecule has 0 saturated carbocycles. The van der Waals surface area contributed by atoms with Crippen molar-refractivity contribution in [3.63, 3.8) is 0 Å². The Morgan fingerprint density at radius 2 is 1.93 bits per heavy atom. The van der Waals surface area contributed by atoms with Gasteiger partial charge < -0.3 is 24.3 Å². The third-order valence-corrected chi connectivity index (χ3v) is 4.66. The standard InChI is InChI=1S/C19H21NO7S/c1-25-18(23)16-8-7-14(27-16)12-28-10-9-15(17(21)22)20-19(24)26-11-13-5-3-2-4-6-13/h2-8,15H,9-12H2,1H3,(H,20,24)(H,21,22). The molecule has 0 radical (unpaired) electrons. The molecule has 28 heavy (non-hydrogen) atoms. The molecule has 0 spiro atoms. The van der Waals surface area contributed by atoms with Crippen LogP contribution >= 0.6 is 11.8 Å². The first kappa shape index (κ1) is 21.4. The molecule has 2 aromatic rings. The third kappa shape index (κ3) is 6.99. The maximum atomic E-state index is 11.8. The van der Waals surface area contributed by atoms with Crippen LogP contribution in [0.2, 0.25) is 0 Å². The first-order valence-corrected chi connectivity index (χ1v) is 9.60. The van der Waals surface area contributed by atoms with E-state index in [0.717, 1.165) is 5.56 Å². The van der Waals surface area contributed by atoms with Gasteiger partial charge in [0.25, 0.3) is 0 Å². The Kier molecular flexibility index (Phi) is 8.41. The van der Waals surface area contributed by atoms with Gasteiger partial charge in [0.2, 0.25) is 5.76 Å². The minimum Gasteiger partial charge on any atom is -0.480 e. The van der Waals surface area contributed by atoms with Crippen LogP contribution in [0.1, 0.15) is 28.3 Å². The highest BCUT2D eigenvalue weighted by molar-refractivity contribution is 7.98. The Morgan fingerprint density at radius 1 is 1.18 bits per heavy atom. The second-order valence-corrected chi connectivity index (χ2v) is 6.80. The van der Waals surface area contributed by atoms with Crippen molar-refractivity contribution in [3.05, 3.63) is 59.5 Å². The van der Waals surface area contributed by atoms with Crippen LogP contribution in [0.5, 0.6) is 0 Å². The smallest absolute Gasteiger partial charge is 0.408 e. The van der Waals surface area contributed by atoms with Gasteiger partial charge in [-0.2, -0.15) is 11.8 Å². The molecule has 8 nitrogen and oxygen atoms in total. The molecule has 0 bridgehead atoms. The number of benzene rings is 1. The number of hydrogen-bond acceptors (Lipinski definition) is 7. The number of carbonyl (C=O) groups excluding carboxylic acids is 2. The predicted molar refractivity (Wildman–Crippen MR) is 102 cm³/mol. The molecule has 1 atom stereocenters. The lowest BCUT2D eigenvalue weighted by atomic mass is 10.2. The monoisotopic (exact) mass is 407 g/mol. The molecule has 0 fully saturated rings. The van der Waals surface area contributed by atoms with E-state index in [9.17, 15) is 19.5 Å². The highest BCUT2D eigenvalue weighted by Crippen LogP contribution is 2.17. The van der Waals surface area contributed by atoms with E-state index in [4.69, 9.17) is 9.15 Å². The van der Waals surface area contributed by atoms with Gasteiger partial charge >= 0.3 is 18.0 Å². The van der Waals surface area contributed by atoms with Crippen molar-refractivity contribution in [3.8, 4) is 0 Å². The Hall–Kier alpha value is -2.94. The minimum atomic E-state index is -1.14. The fraction of sp³-hybridized carbons (Fsp3) is 0.316. The number of hydrogen-bond donors (Lipinski definition) is 2. The molecule has 0 saturated heterocycles. The molecule has 0 aliphatic heterocycles. The molecule has 0 aliphatic rings. The molecule has 150 valence electrons. The van der Waals surface area contributed by atoms with Crippen molar-refractivity contribution >= 4 is 29.8 Å². The zero-order valence-electron chi connectivity index (χ0n) is 15.3. The number of aliphatic carboxylic acids is 1. The van der Waals surface area contributed by atoms with Gasteiger partial charge in [0.05, 0.1) is 12.9 Å². The van der Waals surface area contributed by atoms with Crippen LogP contribution < -0.4 is 5.32 Å². The van der Waals surface area contributed by atoms with Crippen LogP contribution in [-0.2, 0) is 26.6 Å². The SMILES string of the molecule is COC(=O)c1ccc(CSCCC(NC(=O)OCc2ccccc2)C(=O)O)o1. The summed E-state index contributed by atoms with van der Waals surface area (Å²) < 4.78 is 14.9. The van der Waals surface area contributed by atoms with E-state index >= 15 is 0 Å². The van der Waals surface area contributed by atoms with Crippen LogP contribution in [0.15, 0.2) is 46.9 Å². The molecular weight excluding hydrogens is 386 g/mol. The zero-order valence-corrected chi connectivity index (χ0v) is 16.1. The first-order chi connectivity index (χ1) is 13.5. The van der Waals surface area contributed by atoms with E-state index in [-0.39, 0.29) is 18.8 Å². The Balaban J connectivity index is 1.72. The molecule has 1 unspecified atom stereocenters. The zero-order chi connectivity index (χ0) is 20.4. The lowest BCUT2D eigenvalue weighted by Gasteiger charge is -2.14. The molecule has 1 aromatic carbocycles. The number of carboxylic acids is 1. The fourth-order valence-electron chi connectivity index (χ4n) is 2.20. The maximum Gasteiger partial charge on any atom is 0.408 e. The number of rotatable bonds is 10. The van der Waals surface area contributed by atoms with E-state index in [1.807, 2.05) is 18.2 Å². The normalized spacial score (nSPS) is 11.5. The number of esters is 1. The number of amides is 1. The summed E-state index contributed by atoms with van der Waals surface area (Å²) in [6.07, 6.45) is -0.569. The Bertz CT molecular complexity index is 791. The summed E-state index contributed by atoms with van der Waals surface area (Å²) in [5.74, 6) is -0.0770. The van der Waals surface area contributed by atoms with E-state index < -0.39 is 24.1 Å². The molecular formula is C19H21NO7S. The summed E-state index contributed by atoms with van der Waals surface area (Å²) in [4.78, 5) is 34.5. The largest absolute Gasteiger partial charge is 0.480 e. The molecule has 1 heterocycles. The summed E-state index contributed by atoms with van der Waals surface area (Å²) in [7, 11) is 1.27. The van der Waals surface area contributed by atoms with Crippen LogP contribution in [-0.4, -0.2) is 42.0 Å². The lowest BCUT2D eigenvalue weighted by Crippen LogP contribution is -2.41. The topological polar surface area (TPSA) is 115 Å². The number of ether oxygens (including phenoxy) is 2. The van der Waals surface area contributed by atoms with Crippen molar-refractivity contribution < 1.29 is 33.4 Å². The van der Waals surface area contributed by atoms with Crippen molar-refractivity contribution in [1.29, 1.82) is 0 Å². The molecule has 0 aliphatic carbocycles. The van der Waals surface area contributed by atoms with Crippen molar-refractivity contribution in [1.82, 2.24) is 5.32 Å². The van der Waals surface area contributed by atoms with Crippen molar-refractivity contribution in [2.24, 2.45) is 0 Å². The number of carboxylic acid groups (broad SMARTS) is 1. The minimum absolute atomic E-state index is 0.0643. The van der Waals surface area contributed by atoms with Gasteiger partial charge in [-0.25, -0.2) is 14.4 Å². The number of nitrogens with one attached hydrogen (secondary N) is 1. The van der Waals surface area contributed by atoms with Gasteiger partial charge in [-0.3, -0.25) is 0 Å². The summed E-state index contributed by atoms with van der Waals surface area (Å²) in [6.45, 7) is 0.0643. The van der Waals surface area contributed by atoms with Gasteiger partial charge in [-0.05, 0) is 29.9 Å². The third-order valence-electron chi connectivity index (χ3n) is 3.65. The van der Waals surface area contributed by atoms with Gasteiger partial charge in [-0.15, -0.1) is 0 Å². The molecule has 2 rings (SSSR count). The van der Waals surface area contributed by atoms with Crippen LogP contribution in [0.4, 0.5) is 4.79 Å². The number of carbonyl (C=O) groups is 3. The van der Waals surface area contributed by atoms with Crippen molar-refractivity contribution in [2.45, 2.75) is 24.8 Å². The van der Waals surface area contributed by atoms with Gasteiger partial charge in [0.1, 0.15) is 18.4 Å². The van der Waals surface area contributed by atoms with E-state index in [0.29, 0.717) is 17.3 Å². The number of methoxy groups -OCH3 is 1. The second kappa shape index (κ2) is 11.0. The summed E-state index contributed by atoms with van der Waals surface area (Å²) >= 11 is 1.42. The average molecular weight is 407 g/mol. The Morgan fingerprint density at radius 3 is 2.61 bits per heavy atom. The summed E-state index contributed by atoms with van der Waals surface area (Å²) in [5.41, 5.74) is 0.810. The maximum absolute atomic E-state index is 11.8. The van der Waals surface area contributed by atoms with Gasteiger partial charge in [0.15, 0.2) is 0 Å². The second-order valence-electron chi connectivity index (χ2n) is 5.70. The average Bonchev–Trinajstić information content (AvgIpc) is 3.17. The van der Waals surface area contributed by atoms with Crippen molar-refractivity contribution in [2.75, 3.05) is 12.9 Å². The predicted octanol–water partition coefficient (Wildman–Crippen LogP) is 3.07. The molecule has 2 N–H and O–H groups in total. The fourth-order valence-corrected chi connectivity index (χ4v) is 3.11. The highest BCUT2D eigenvalue weighted by atomic mass is 32.2. The first-order valence-electron chi connectivity index (χ1n) is 8.44. The molecule has 1 amide bonds. The molecule has 9 heteroatoms. The number of thioether (sulfide) groups is 1. The summed E-state index contributed by atoms with van der Waals surface area (Å²) in [5, 5.41) is 11.6. The number of alkyl carbamates (subject to hydrolysis) is 1. The van der Waals surface area contributed by atoms with E-state index in [1.54, 1.807) is 18.2 Å². The van der Waals surface area contributed by atoms with Crippen LogP contribution in [0, 0.1) is 0 Å². The highest BCUT2D eigenvalue weighted by Gasteiger charge is 2.20. The van der Waals surface area contributed by atoms with E-state index in [1.165, 1.54) is 24.9 Å². The van der Waals surface area contributed by atoms with E-state index in [2.05, 4.69) is 10.1 Å². The molecule has 1 aromatic heterocycles. The summed E-state index contributed by atoms with van der Waals surface area (Å²) in [6, 6.07) is 11.2. The lowest BCUT2D eigenvalue weighted by molar-refractivity contribution is -0.139. The quantitative estimate of drug-likeness (QED) is 0.456. The van der Waals surface area contributed by atoms with Crippen LogP contribution in [0.3, 0.4) is 0 Å². The van der Waals surface area contributed by atoms with Crippen LogP contribution in [0.25, 0.3) is 0 Å².